The molecule has 98 valence electrons. The fourth-order valence-electron chi connectivity index (χ4n) is 1.58. The first-order valence-electron chi connectivity index (χ1n) is 5.67. The van der Waals surface area contributed by atoms with Crippen molar-refractivity contribution in [3.8, 4) is 0 Å². The number of carbonyl (C=O) groups is 2. The van der Waals surface area contributed by atoms with E-state index in [1.165, 1.54) is 4.90 Å². The number of hydrogen-bond acceptors (Lipinski definition) is 3. The molecule has 0 unspecified atom stereocenters. The molecule has 0 fully saturated rings. The van der Waals surface area contributed by atoms with Crippen LogP contribution in [0.25, 0.3) is 0 Å². The molecule has 1 N–H and O–H groups in total. The molecular weight excluding hydrogens is 232 g/mol. The highest BCUT2D eigenvalue weighted by molar-refractivity contribution is 5.78. The second kappa shape index (κ2) is 6.76. The lowest BCUT2D eigenvalue weighted by Crippen LogP contribution is -2.38. The zero-order chi connectivity index (χ0) is 13.5. The molecule has 0 aliphatic carbocycles. The molecule has 0 aliphatic heterocycles. The standard InChI is InChI=1S/C13H18N2O3/c1-14(10-13(17)18)9-12(16)15(2)8-11-6-4-3-5-7-11/h3-7H,8-10H2,1-2H3,(H,17,18). The van der Waals surface area contributed by atoms with E-state index in [1.807, 2.05) is 30.3 Å². The second-order valence-electron chi connectivity index (χ2n) is 4.30. The Labute approximate surface area is 107 Å². The third kappa shape index (κ3) is 4.97. The van der Waals surface area contributed by atoms with Crippen molar-refractivity contribution in [3.63, 3.8) is 0 Å². The van der Waals surface area contributed by atoms with Crippen molar-refractivity contribution in [3.05, 3.63) is 35.9 Å². The molecule has 0 atom stereocenters. The fourth-order valence-corrected chi connectivity index (χ4v) is 1.58. The first kappa shape index (κ1) is 14.2. The summed E-state index contributed by atoms with van der Waals surface area (Å²) >= 11 is 0. The monoisotopic (exact) mass is 250 g/mol. The molecule has 1 aromatic carbocycles. The number of nitrogens with zero attached hydrogens (tertiary/aromatic N) is 2. The van der Waals surface area contributed by atoms with Crippen molar-refractivity contribution in [2.45, 2.75) is 6.54 Å². The number of amides is 1. The quantitative estimate of drug-likeness (QED) is 0.805. The molecule has 0 aliphatic rings. The van der Waals surface area contributed by atoms with E-state index in [0.717, 1.165) is 5.56 Å². The van der Waals surface area contributed by atoms with Gasteiger partial charge < -0.3 is 10.0 Å². The van der Waals surface area contributed by atoms with Crippen molar-refractivity contribution in [1.82, 2.24) is 9.80 Å². The first-order valence-corrected chi connectivity index (χ1v) is 5.67. The number of carbonyl (C=O) groups excluding carboxylic acids is 1. The summed E-state index contributed by atoms with van der Waals surface area (Å²) in [5.74, 6) is -1.03. The van der Waals surface area contributed by atoms with Crippen molar-refractivity contribution in [2.24, 2.45) is 0 Å². The zero-order valence-corrected chi connectivity index (χ0v) is 10.7. The van der Waals surface area contributed by atoms with Gasteiger partial charge in [0.05, 0.1) is 13.1 Å². The molecule has 0 heterocycles. The molecule has 1 aromatic rings. The number of hydrogen-bond donors (Lipinski definition) is 1. The Balaban J connectivity index is 2.44. The van der Waals surface area contributed by atoms with E-state index < -0.39 is 5.97 Å². The van der Waals surface area contributed by atoms with Crippen LogP contribution in [0.4, 0.5) is 0 Å². The number of aliphatic carboxylic acids is 1. The average Bonchev–Trinajstić information content (AvgIpc) is 2.28. The number of rotatable bonds is 6. The fraction of sp³-hybridized carbons (Fsp3) is 0.385. The van der Waals surface area contributed by atoms with E-state index in [2.05, 4.69) is 0 Å². The summed E-state index contributed by atoms with van der Waals surface area (Å²) in [6.07, 6.45) is 0. The van der Waals surface area contributed by atoms with E-state index in [9.17, 15) is 9.59 Å². The predicted octanol–water partition coefficient (Wildman–Crippen LogP) is 0.661. The minimum absolute atomic E-state index is 0.0948. The van der Waals surface area contributed by atoms with Crippen LogP contribution in [0.3, 0.4) is 0 Å². The van der Waals surface area contributed by atoms with Crippen LogP contribution in [-0.4, -0.2) is 54.0 Å². The van der Waals surface area contributed by atoms with Crippen LogP contribution in [-0.2, 0) is 16.1 Å². The van der Waals surface area contributed by atoms with E-state index in [-0.39, 0.29) is 19.0 Å². The molecule has 5 heteroatoms. The number of carboxylic acid groups (broad SMARTS) is 1. The zero-order valence-electron chi connectivity index (χ0n) is 10.7. The molecule has 18 heavy (non-hydrogen) atoms. The SMILES string of the molecule is CN(CC(=O)O)CC(=O)N(C)Cc1ccccc1. The maximum absolute atomic E-state index is 11.8. The van der Waals surface area contributed by atoms with E-state index >= 15 is 0 Å². The van der Waals surface area contributed by atoms with E-state index in [4.69, 9.17) is 5.11 Å². The molecule has 1 amide bonds. The molecule has 0 saturated heterocycles. The molecule has 0 radical (unpaired) electrons. The Morgan fingerprint density at radius 3 is 2.28 bits per heavy atom. The minimum atomic E-state index is -0.934. The maximum Gasteiger partial charge on any atom is 0.317 e. The van der Waals surface area contributed by atoms with Crippen molar-refractivity contribution in [1.29, 1.82) is 0 Å². The largest absolute Gasteiger partial charge is 0.480 e. The van der Waals surface area contributed by atoms with Crippen LogP contribution >= 0.6 is 0 Å². The summed E-state index contributed by atoms with van der Waals surface area (Å²) in [4.78, 5) is 25.4. The smallest absolute Gasteiger partial charge is 0.317 e. The molecule has 0 aromatic heterocycles. The van der Waals surface area contributed by atoms with Crippen LogP contribution in [0.2, 0.25) is 0 Å². The summed E-state index contributed by atoms with van der Waals surface area (Å²) in [5, 5.41) is 8.60. The van der Waals surface area contributed by atoms with Crippen LogP contribution in [0.5, 0.6) is 0 Å². The lowest BCUT2D eigenvalue weighted by molar-refractivity contribution is -0.139. The Bertz CT molecular complexity index is 406. The minimum Gasteiger partial charge on any atom is -0.480 e. The Hall–Kier alpha value is -1.88. The van der Waals surface area contributed by atoms with Crippen LogP contribution < -0.4 is 0 Å². The van der Waals surface area contributed by atoms with Gasteiger partial charge in [-0.05, 0) is 12.6 Å². The third-order valence-electron chi connectivity index (χ3n) is 2.50. The summed E-state index contributed by atoms with van der Waals surface area (Å²) in [6, 6.07) is 9.66. The van der Waals surface area contributed by atoms with Gasteiger partial charge in [-0.3, -0.25) is 14.5 Å². The van der Waals surface area contributed by atoms with Gasteiger partial charge >= 0.3 is 5.97 Å². The summed E-state index contributed by atoms with van der Waals surface area (Å²) in [6.45, 7) is 0.501. The molecule has 1 rings (SSSR count). The van der Waals surface area contributed by atoms with Gasteiger partial charge in [0.2, 0.25) is 5.91 Å². The first-order chi connectivity index (χ1) is 8.49. The lowest BCUT2D eigenvalue weighted by Gasteiger charge is -2.20. The van der Waals surface area contributed by atoms with Gasteiger partial charge in [0.1, 0.15) is 0 Å². The van der Waals surface area contributed by atoms with Crippen LogP contribution in [0.1, 0.15) is 5.56 Å². The van der Waals surface area contributed by atoms with Crippen LogP contribution in [0.15, 0.2) is 30.3 Å². The highest BCUT2D eigenvalue weighted by Gasteiger charge is 2.13. The van der Waals surface area contributed by atoms with Gasteiger partial charge in [-0.1, -0.05) is 30.3 Å². The van der Waals surface area contributed by atoms with Gasteiger partial charge in [0.15, 0.2) is 0 Å². The molecule has 5 nitrogen and oxygen atoms in total. The van der Waals surface area contributed by atoms with Gasteiger partial charge in [-0.15, -0.1) is 0 Å². The lowest BCUT2D eigenvalue weighted by atomic mass is 10.2. The van der Waals surface area contributed by atoms with Crippen molar-refractivity contribution >= 4 is 11.9 Å². The highest BCUT2D eigenvalue weighted by atomic mass is 16.4. The number of likely N-dealkylation sites (N-methyl/N-ethyl adjacent to an activating group) is 2. The average molecular weight is 250 g/mol. The molecule has 0 bridgehead atoms. The molecular formula is C13H18N2O3. The normalized spacial score (nSPS) is 10.4. The Morgan fingerprint density at radius 2 is 1.72 bits per heavy atom. The van der Waals surface area contributed by atoms with E-state index in [1.54, 1.807) is 19.0 Å². The maximum atomic E-state index is 11.8. The Kier molecular flexibility index (Phi) is 5.32. The van der Waals surface area contributed by atoms with Crippen LogP contribution in [0, 0.1) is 0 Å². The number of benzene rings is 1. The van der Waals surface area contributed by atoms with Crippen molar-refractivity contribution < 1.29 is 14.7 Å². The summed E-state index contributed by atoms with van der Waals surface area (Å²) in [5.41, 5.74) is 1.05. The highest BCUT2D eigenvalue weighted by Crippen LogP contribution is 2.03. The second-order valence-corrected chi connectivity index (χ2v) is 4.30. The van der Waals surface area contributed by atoms with Crippen molar-refractivity contribution in [2.75, 3.05) is 27.2 Å². The Morgan fingerprint density at radius 1 is 1.11 bits per heavy atom. The van der Waals surface area contributed by atoms with Gasteiger partial charge in [0.25, 0.3) is 0 Å². The van der Waals surface area contributed by atoms with Gasteiger partial charge in [-0.2, -0.15) is 0 Å². The van der Waals surface area contributed by atoms with E-state index in [0.29, 0.717) is 6.54 Å². The molecule has 0 saturated carbocycles. The predicted molar refractivity (Wildman–Crippen MR) is 68.0 cm³/mol. The third-order valence-corrected chi connectivity index (χ3v) is 2.50. The topological polar surface area (TPSA) is 60.9 Å². The van der Waals surface area contributed by atoms with Gasteiger partial charge in [-0.25, -0.2) is 0 Å². The summed E-state index contributed by atoms with van der Waals surface area (Å²) < 4.78 is 0. The number of carboxylic acids is 1. The molecule has 0 spiro atoms. The van der Waals surface area contributed by atoms with Gasteiger partial charge in [0, 0.05) is 13.6 Å². The summed E-state index contributed by atoms with van der Waals surface area (Å²) in [7, 11) is 3.33.